The smallest absolute Gasteiger partial charge is 0.0931 e. The molecule has 2 aromatic rings. The van der Waals surface area contributed by atoms with Crippen LogP contribution in [0.1, 0.15) is 16.5 Å². The Bertz CT molecular complexity index is 484. The van der Waals surface area contributed by atoms with Crippen molar-refractivity contribution in [2.75, 3.05) is 0 Å². The fourth-order valence-corrected chi connectivity index (χ4v) is 2.90. The molecule has 0 saturated carbocycles. The maximum Gasteiger partial charge on any atom is 0.0931 e. The molecule has 1 heterocycles. The Labute approximate surface area is 108 Å². The number of hydrogen-bond acceptors (Lipinski definition) is 3. The summed E-state index contributed by atoms with van der Waals surface area (Å²) in [5, 5.41) is 0.690. The number of halogens is 2. The van der Waals surface area contributed by atoms with Gasteiger partial charge in [0.1, 0.15) is 0 Å². The molecule has 5 heteroatoms. The number of hydrogen-bond donors (Lipinski definition) is 2. The van der Waals surface area contributed by atoms with E-state index in [0.717, 1.165) is 14.8 Å². The molecule has 1 atom stereocenters. The van der Waals surface area contributed by atoms with Crippen LogP contribution in [0.5, 0.6) is 0 Å². The zero-order valence-electron chi connectivity index (χ0n) is 8.28. The van der Waals surface area contributed by atoms with Crippen LogP contribution in [0.3, 0.4) is 0 Å². The van der Waals surface area contributed by atoms with Crippen LogP contribution in [0.4, 0.5) is 0 Å². The molecule has 0 amide bonds. The first-order valence-electron chi connectivity index (χ1n) is 4.68. The Morgan fingerprint density at radius 1 is 1.12 bits per heavy atom. The molecular formula is C11H10Cl2N2S. The molecule has 0 radical (unpaired) electrons. The monoisotopic (exact) mass is 272 g/mol. The van der Waals surface area contributed by atoms with Crippen molar-refractivity contribution in [2.45, 2.75) is 6.04 Å². The van der Waals surface area contributed by atoms with Crippen molar-refractivity contribution in [2.24, 2.45) is 5.84 Å². The van der Waals surface area contributed by atoms with Crippen molar-refractivity contribution in [3.8, 4) is 0 Å². The van der Waals surface area contributed by atoms with Gasteiger partial charge >= 0.3 is 0 Å². The Morgan fingerprint density at radius 2 is 1.88 bits per heavy atom. The standard InChI is InChI=1S/C11H10Cl2N2S/c12-8-4-2-1-3-7(8)11(15-14)9-5-6-10(13)16-9/h1-6,11,15H,14H2. The quantitative estimate of drug-likeness (QED) is 0.662. The van der Waals surface area contributed by atoms with E-state index in [1.165, 1.54) is 11.3 Å². The molecule has 2 rings (SSSR count). The summed E-state index contributed by atoms with van der Waals surface area (Å²) >= 11 is 13.5. The van der Waals surface area contributed by atoms with Crippen LogP contribution < -0.4 is 11.3 Å². The third kappa shape index (κ3) is 2.39. The van der Waals surface area contributed by atoms with E-state index in [0.29, 0.717) is 5.02 Å². The molecule has 2 nitrogen and oxygen atoms in total. The molecule has 16 heavy (non-hydrogen) atoms. The van der Waals surface area contributed by atoms with Gasteiger partial charge in [-0.05, 0) is 23.8 Å². The summed E-state index contributed by atoms with van der Waals surface area (Å²) in [5.41, 5.74) is 3.71. The number of benzene rings is 1. The van der Waals surface area contributed by atoms with E-state index in [-0.39, 0.29) is 6.04 Å². The third-order valence-corrected chi connectivity index (χ3v) is 3.90. The fraction of sp³-hybridized carbons (Fsp3) is 0.0909. The molecule has 0 aliphatic rings. The Morgan fingerprint density at radius 3 is 2.44 bits per heavy atom. The first-order chi connectivity index (χ1) is 7.72. The van der Waals surface area contributed by atoms with E-state index in [4.69, 9.17) is 29.0 Å². The Balaban J connectivity index is 2.40. The molecule has 0 spiro atoms. The summed E-state index contributed by atoms with van der Waals surface area (Å²) in [5.74, 6) is 5.57. The van der Waals surface area contributed by atoms with Crippen molar-refractivity contribution in [3.63, 3.8) is 0 Å². The van der Waals surface area contributed by atoms with Gasteiger partial charge in [-0.3, -0.25) is 5.84 Å². The van der Waals surface area contributed by atoms with Gasteiger partial charge in [0.05, 0.1) is 10.4 Å². The number of nitrogens with two attached hydrogens (primary N) is 1. The first kappa shape index (κ1) is 11.9. The number of rotatable bonds is 3. The molecule has 0 aliphatic heterocycles. The average molecular weight is 273 g/mol. The van der Waals surface area contributed by atoms with Gasteiger partial charge in [0.25, 0.3) is 0 Å². The summed E-state index contributed by atoms with van der Waals surface area (Å²) in [7, 11) is 0. The second-order valence-corrected chi connectivity index (χ2v) is 5.42. The van der Waals surface area contributed by atoms with Gasteiger partial charge in [-0.2, -0.15) is 0 Å². The van der Waals surface area contributed by atoms with Crippen molar-refractivity contribution in [1.82, 2.24) is 5.43 Å². The lowest BCUT2D eigenvalue weighted by Gasteiger charge is -2.15. The van der Waals surface area contributed by atoms with Gasteiger partial charge in [-0.1, -0.05) is 41.4 Å². The maximum absolute atomic E-state index is 6.13. The predicted molar refractivity (Wildman–Crippen MR) is 69.9 cm³/mol. The summed E-state index contributed by atoms with van der Waals surface area (Å²) < 4.78 is 0.738. The molecule has 84 valence electrons. The minimum atomic E-state index is -0.119. The highest BCUT2D eigenvalue weighted by Gasteiger charge is 2.16. The molecule has 3 N–H and O–H groups in total. The van der Waals surface area contributed by atoms with Crippen molar-refractivity contribution in [1.29, 1.82) is 0 Å². The van der Waals surface area contributed by atoms with Crippen molar-refractivity contribution < 1.29 is 0 Å². The minimum absolute atomic E-state index is 0.119. The van der Waals surface area contributed by atoms with Crippen LogP contribution in [-0.2, 0) is 0 Å². The SMILES string of the molecule is NNC(c1ccc(Cl)s1)c1ccccc1Cl. The molecule has 1 unspecified atom stereocenters. The second-order valence-electron chi connectivity index (χ2n) is 3.26. The van der Waals surface area contributed by atoms with Gasteiger partial charge in [0, 0.05) is 9.90 Å². The highest BCUT2D eigenvalue weighted by molar-refractivity contribution is 7.16. The van der Waals surface area contributed by atoms with Crippen molar-refractivity contribution in [3.05, 3.63) is 56.2 Å². The normalized spacial score (nSPS) is 12.7. The van der Waals surface area contributed by atoms with E-state index in [9.17, 15) is 0 Å². The van der Waals surface area contributed by atoms with Crippen LogP contribution in [-0.4, -0.2) is 0 Å². The van der Waals surface area contributed by atoms with Gasteiger partial charge < -0.3 is 0 Å². The molecule has 0 bridgehead atoms. The molecule has 0 aliphatic carbocycles. The van der Waals surface area contributed by atoms with Gasteiger partial charge in [0.2, 0.25) is 0 Å². The first-order valence-corrected chi connectivity index (χ1v) is 6.25. The third-order valence-electron chi connectivity index (χ3n) is 2.26. The fourth-order valence-electron chi connectivity index (χ4n) is 1.52. The van der Waals surface area contributed by atoms with E-state index >= 15 is 0 Å². The molecular weight excluding hydrogens is 263 g/mol. The lowest BCUT2D eigenvalue weighted by Crippen LogP contribution is -2.28. The number of hydrazine groups is 1. The highest BCUT2D eigenvalue weighted by atomic mass is 35.5. The second kappa shape index (κ2) is 5.17. The molecule has 1 aromatic heterocycles. The zero-order valence-corrected chi connectivity index (χ0v) is 10.6. The topological polar surface area (TPSA) is 38.0 Å². The average Bonchev–Trinajstić information content (AvgIpc) is 2.69. The van der Waals surface area contributed by atoms with Crippen LogP contribution in [0.25, 0.3) is 0 Å². The number of nitrogens with one attached hydrogen (secondary N) is 1. The molecule has 1 aromatic carbocycles. The summed E-state index contributed by atoms with van der Waals surface area (Å²) in [4.78, 5) is 1.04. The predicted octanol–water partition coefficient (Wildman–Crippen LogP) is 3.61. The number of thiophene rings is 1. The van der Waals surface area contributed by atoms with E-state index < -0.39 is 0 Å². The van der Waals surface area contributed by atoms with Gasteiger partial charge in [-0.15, -0.1) is 11.3 Å². The van der Waals surface area contributed by atoms with E-state index in [1.807, 2.05) is 36.4 Å². The lowest BCUT2D eigenvalue weighted by atomic mass is 10.1. The van der Waals surface area contributed by atoms with E-state index in [1.54, 1.807) is 0 Å². The molecule has 0 saturated heterocycles. The van der Waals surface area contributed by atoms with Crippen LogP contribution in [0.2, 0.25) is 9.36 Å². The summed E-state index contributed by atoms with van der Waals surface area (Å²) in [6.07, 6.45) is 0. The van der Waals surface area contributed by atoms with Gasteiger partial charge in [-0.25, -0.2) is 5.43 Å². The van der Waals surface area contributed by atoms with Crippen LogP contribution >= 0.6 is 34.5 Å². The van der Waals surface area contributed by atoms with Gasteiger partial charge in [0.15, 0.2) is 0 Å². The molecule has 0 fully saturated rings. The Hall–Kier alpha value is -0.580. The van der Waals surface area contributed by atoms with Crippen molar-refractivity contribution >= 4 is 34.5 Å². The Kier molecular flexibility index (Phi) is 3.84. The summed E-state index contributed by atoms with van der Waals surface area (Å²) in [6, 6.07) is 11.3. The summed E-state index contributed by atoms with van der Waals surface area (Å²) in [6.45, 7) is 0. The maximum atomic E-state index is 6.13. The largest absolute Gasteiger partial charge is 0.271 e. The highest BCUT2D eigenvalue weighted by Crippen LogP contribution is 2.33. The van der Waals surface area contributed by atoms with E-state index in [2.05, 4.69) is 5.43 Å². The lowest BCUT2D eigenvalue weighted by molar-refractivity contribution is 0.647. The van der Waals surface area contributed by atoms with Crippen LogP contribution in [0.15, 0.2) is 36.4 Å². The minimum Gasteiger partial charge on any atom is -0.271 e. The zero-order chi connectivity index (χ0) is 11.5. The van der Waals surface area contributed by atoms with Crippen LogP contribution in [0, 0.1) is 0 Å².